The molecular formula is C11H7FIN3. The van der Waals surface area contributed by atoms with Gasteiger partial charge in [-0.3, -0.25) is 0 Å². The number of rotatable bonds is 1. The molecule has 0 atom stereocenters. The molecule has 3 nitrogen and oxygen atoms in total. The number of hydrogen-bond acceptors (Lipinski definition) is 2. The van der Waals surface area contributed by atoms with Crippen LogP contribution in [0, 0.1) is 27.8 Å². The summed E-state index contributed by atoms with van der Waals surface area (Å²) in [4.78, 5) is 0. The highest BCUT2D eigenvalue weighted by molar-refractivity contribution is 14.1. The number of nitriles is 1. The van der Waals surface area contributed by atoms with E-state index < -0.39 is 5.82 Å². The average molecular weight is 327 g/mol. The first-order valence-electron chi connectivity index (χ1n) is 4.53. The summed E-state index contributed by atoms with van der Waals surface area (Å²) in [6, 6.07) is 6.07. The van der Waals surface area contributed by atoms with E-state index in [4.69, 9.17) is 5.26 Å². The normalized spacial score (nSPS) is 10.1. The molecular weight excluding hydrogens is 320 g/mol. The zero-order valence-corrected chi connectivity index (χ0v) is 10.6. The van der Waals surface area contributed by atoms with Crippen molar-refractivity contribution >= 4 is 22.6 Å². The molecule has 5 heteroatoms. The first kappa shape index (κ1) is 11.1. The molecule has 0 spiro atoms. The highest BCUT2D eigenvalue weighted by atomic mass is 127. The Bertz CT molecular complexity index is 564. The summed E-state index contributed by atoms with van der Waals surface area (Å²) < 4.78 is 15.6. The maximum atomic E-state index is 13.2. The van der Waals surface area contributed by atoms with Crippen molar-refractivity contribution in [2.45, 2.75) is 6.92 Å². The molecule has 2 aromatic rings. The number of nitrogens with zero attached hydrogens (tertiary/aromatic N) is 3. The Hall–Kier alpha value is -1.42. The van der Waals surface area contributed by atoms with Gasteiger partial charge >= 0.3 is 0 Å². The minimum absolute atomic E-state index is 0.290. The maximum absolute atomic E-state index is 13.2. The van der Waals surface area contributed by atoms with Crippen molar-refractivity contribution in [1.82, 2.24) is 9.78 Å². The molecule has 0 unspecified atom stereocenters. The molecule has 0 bridgehead atoms. The number of aryl methyl sites for hydroxylation is 1. The van der Waals surface area contributed by atoms with Crippen molar-refractivity contribution in [3.63, 3.8) is 0 Å². The summed E-state index contributed by atoms with van der Waals surface area (Å²) in [6.45, 7) is 1.93. The highest BCUT2D eigenvalue weighted by Crippen LogP contribution is 2.16. The van der Waals surface area contributed by atoms with E-state index in [-0.39, 0.29) is 5.56 Å². The molecule has 0 N–H and O–H groups in total. The number of benzene rings is 1. The summed E-state index contributed by atoms with van der Waals surface area (Å²) in [7, 11) is 0. The molecule has 0 radical (unpaired) electrons. The predicted octanol–water partition coefficient (Wildman–Crippen LogP) is 2.80. The lowest BCUT2D eigenvalue weighted by Crippen LogP contribution is -1.96. The van der Waals surface area contributed by atoms with Gasteiger partial charge in [0.2, 0.25) is 0 Å². The van der Waals surface area contributed by atoms with Gasteiger partial charge in [0.05, 0.1) is 17.3 Å². The minimum Gasteiger partial charge on any atom is -0.239 e. The lowest BCUT2D eigenvalue weighted by atomic mass is 10.2. The average Bonchev–Trinajstić information content (AvgIpc) is 2.58. The van der Waals surface area contributed by atoms with E-state index in [0.717, 1.165) is 9.26 Å². The van der Waals surface area contributed by atoms with Crippen LogP contribution in [0.5, 0.6) is 0 Å². The largest absolute Gasteiger partial charge is 0.239 e. The van der Waals surface area contributed by atoms with Crippen molar-refractivity contribution in [3.05, 3.63) is 45.0 Å². The Labute approximate surface area is 106 Å². The molecule has 1 aromatic heterocycles. The molecule has 0 fully saturated rings. The second-order valence-corrected chi connectivity index (χ2v) is 4.38. The second kappa shape index (κ2) is 4.22. The summed E-state index contributed by atoms with van der Waals surface area (Å²) >= 11 is 2.11. The Balaban J connectivity index is 2.56. The van der Waals surface area contributed by atoms with Gasteiger partial charge in [-0.05, 0) is 47.7 Å². The Morgan fingerprint density at radius 2 is 2.19 bits per heavy atom. The van der Waals surface area contributed by atoms with Gasteiger partial charge in [0.15, 0.2) is 0 Å². The highest BCUT2D eigenvalue weighted by Gasteiger charge is 2.06. The van der Waals surface area contributed by atoms with Gasteiger partial charge in [0.25, 0.3) is 0 Å². The monoisotopic (exact) mass is 327 g/mol. The molecule has 1 heterocycles. The first-order chi connectivity index (χ1) is 7.60. The van der Waals surface area contributed by atoms with Crippen LogP contribution >= 0.6 is 22.6 Å². The van der Waals surface area contributed by atoms with Crippen LogP contribution in [0.1, 0.15) is 11.1 Å². The van der Waals surface area contributed by atoms with Crippen LogP contribution in [0.3, 0.4) is 0 Å². The molecule has 0 aliphatic heterocycles. The van der Waals surface area contributed by atoms with E-state index in [1.165, 1.54) is 12.1 Å². The van der Waals surface area contributed by atoms with Crippen LogP contribution in [0.15, 0.2) is 24.4 Å². The SMILES string of the molecule is Cc1cn(-c2cc(F)cc(C#N)c2)nc1I. The Morgan fingerprint density at radius 1 is 1.44 bits per heavy atom. The molecule has 80 valence electrons. The van der Waals surface area contributed by atoms with E-state index >= 15 is 0 Å². The fourth-order valence-corrected chi connectivity index (χ4v) is 1.71. The van der Waals surface area contributed by atoms with Crippen LogP contribution in [0.4, 0.5) is 4.39 Å². The molecule has 16 heavy (non-hydrogen) atoms. The summed E-state index contributed by atoms with van der Waals surface area (Å²) in [5.41, 5.74) is 1.86. The fraction of sp³-hybridized carbons (Fsp3) is 0.0909. The van der Waals surface area contributed by atoms with Crippen molar-refractivity contribution in [3.8, 4) is 11.8 Å². The van der Waals surface area contributed by atoms with Crippen LogP contribution in [0.25, 0.3) is 5.69 Å². The zero-order chi connectivity index (χ0) is 11.7. The smallest absolute Gasteiger partial charge is 0.126 e. The molecule has 0 saturated carbocycles. The summed E-state index contributed by atoms with van der Waals surface area (Å²) in [5, 5.41) is 13.0. The van der Waals surface area contributed by atoms with E-state index in [2.05, 4.69) is 27.7 Å². The first-order valence-corrected chi connectivity index (χ1v) is 5.61. The number of hydrogen-bond donors (Lipinski definition) is 0. The summed E-state index contributed by atoms with van der Waals surface area (Å²) in [5.74, 6) is -0.433. The standard InChI is InChI=1S/C11H7FIN3/c1-7-6-16(15-11(7)13)10-3-8(5-14)2-9(12)4-10/h2-4,6H,1H3. The van der Waals surface area contributed by atoms with Crippen molar-refractivity contribution in [2.24, 2.45) is 0 Å². The topological polar surface area (TPSA) is 41.6 Å². The van der Waals surface area contributed by atoms with Crippen LogP contribution in [0.2, 0.25) is 0 Å². The van der Waals surface area contributed by atoms with Crippen molar-refractivity contribution in [1.29, 1.82) is 5.26 Å². The van der Waals surface area contributed by atoms with E-state index in [1.54, 1.807) is 16.9 Å². The third kappa shape index (κ3) is 2.07. The minimum atomic E-state index is -0.433. The molecule has 2 rings (SSSR count). The van der Waals surface area contributed by atoms with Gasteiger partial charge in [-0.1, -0.05) is 0 Å². The Morgan fingerprint density at radius 3 is 2.75 bits per heavy atom. The molecule has 0 amide bonds. The number of halogens is 2. The van der Waals surface area contributed by atoms with Gasteiger partial charge < -0.3 is 0 Å². The van der Waals surface area contributed by atoms with Crippen molar-refractivity contribution in [2.75, 3.05) is 0 Å². The predicted molar refractivity (Wildman–Crippen MR) is 65.7 cm³/mol. The Kier molecular flexibility index (Phi) is 2.92. The molecule has 0 aliphatic carbocycles. The lowest BCUT2D eigenvalue weighted by Gasteiger charge is -2.01. The number of aromatic nitrogens is 2. The van der Waals surface area contributed by atoms with Gasteiger partial charge in [0.1, 0.15) is 9.52 Å². The van der Waals surface area contributed by atoms with E-state index in [0.29, 0.717) is 5.69 Å². The third-order valence-electron chi connectivity index (χ3n) is 2.11. The van der Waals surface area contributed by atoms with Gasteiger partial charge in [-0.15, -0.1) is 0 Å². The van der Waals surface area contributed by atoms with Crippen LogP contribution in [-0.2, 0) is 0 Å². The zero-order valence-electron chi connectivity index (χ0n) is 8.41. The van der Waals surface area contributed by atoms with Gasteiger partial charge in [0, 0.05) is 11.8 Å². The van der Waals surface area contributed by atoms with Gasteiger partial charge in [-0.2, -0.15) is 10.4 Å². The second-order valence-electron chi connectivity index (χ2n) is 3.36. The molecule has 1 aromatic carbocycles. The van der Waals surface area contributed by atoms with Crippen LogP contribution in [-0.4, -0.2) is 9.78 Å². The molecule has 0 saturated heterocycles. The van der Waals surface area contributed by atoms with E-state index in [9.17, 15) is 4.39 Å². The lowest BCUT2D eigenvalue weighted by molar-refractivity contribution is 0.625. The summed E-state index contributed by atoms with van der Waals surface area (Å²) in [6.07, 6.45) is 1.80. The quantitative estimate of drug-likeness (QED) is 0.756. The van der Waals surface area contributed by atoms with Crippen LogP contribution < -0.4 is 0 Å². The molecule has 0 aliphatic rings. The maximum Gasteiger partial charge on any atom is 0.126 e. The third-order valence-corrected chi connectivity index (χ3v) is 3.18. The van der Waals surface area contributed by atoms with E-state index in [1.807, 2.05) is 13.0 Å². The van der Waals surface area contributed by atoms with Crippen molar-refractivity contribution < 1.29 is 4.39 Å². The fourth-order valence-electron chi connectivity index (χ4n) is 1.34. The van der Waals surface area contributed by atoms with Gasteiger partial charge in [-0.25, -0.2) is 9.07 Å².